The first-order valence-corrected chi connectivity index (χ1v) is 12.1. The van der Waals surface area contributed by atoms with E-state index >= 15 is 0 Å². The highest BCUT2D eigenvalue weighted by molar-refractivity contribution is 7.80. The van der Waals surface area contributed by atoms with Gasteiger partial charge >= 0.3 is 0 Å². The number of nitrogens with zero attached hydrogens (tertiary/aromatic N) is 2. The fourth-order valence-electron chi connectivity index (χ4n) is 3.70. The van der Waals surface area contributed by atoms with E-state index in [0.717, 1.165) is 5.56 Å². The minimum atomic E-state index is -0.956. The summed E-state index contributed by atoms with van der Waals surface area (Å²) in [7, 11) is 1.70. The van der Waals surface area contributed by atoms with E-state index in [0.29, 0.717) is 55.7 Å². The normalized spacial score (nSPS) is 15.3. The molecule has 1 heterocycles. The molecule has 1 aliphatic rings. The van der Waals surface area contributed by atoms with E-state index in [-0.39, 0.29) is 5.91 Å². The molecule has 0 fully saturated rings. The van der Waals surface area contributed by atoms with Gasteiger partial charge in [0, 0.05) is 39.8 Å². The second kappa shape index (κ2) is 10.7. The molecule has 5 nitrogen and oxygen atoms in total. The number of hydrogen-bond acceptors (Lipinski definition) is 3. The number of fused-ring (bicyclic) bond motifs is 1. The molecular formula is C25H21Cl3N4OS. The second-order valence-corrected chi connectivity index (χ2v) is 9.32. The Labute approximate surface area is 218 Å². The number of amides is 1. The Morgan fingerprint density at radius 3 is 2.44 bits per heavy atom. The third-order valence-corrected chi connectivity index (χ3v) is 6.63. The first-order chi connectivity index (χ1) is 16.3. The van der Waals surface area contributed by atoms with Gasteiger partial charge in [0.1, 0.15) is 0 Å². The number of hydrogen-bond donors (Lipinski definition) is 2. The predicted octanol–water partition coefficient (Wildman–Crippen LogP) is 5.49. The zero-order valence-electron chi connectivity index (χ0n) is 18.2. The van der Waals surface area contributed by atoms with Crippen LogP contribution in [0.1, 0.15) is 16.7 Å². The van der Waals surface area contributed by atoms with Crippen LogP contribution >= 0.6 is 47.0 Å². The molecular weight excluding hydrogens is 511 g/mol. The highest BCUT2D eigenvalue weighted by Crippen LogP contribution is 2.31. The molecule has 1 unspecified atom stereocenters. The number of likely N-dealkylation sites (N-methyl/N-ethyl adjacent to an activating group) is 1. The monoisotopic (exact) mass is 530 g/mol. The van der Waals surface area contributed by atoms with Crippen molar-refractivity contribution in [2.45, 2.75) is 12.6 Å². The summed E-state index contributed by atoms with van der Waals surface area (Å²) >= 11 is 24.5. The Morgan fingerprint density at radius 2 is 1.71 bits per heavy atom. The molecule has 9 heteroatoms. The molecule has 0 aromatic heterocycles. The van der Waals surface area contributed by atoms with Crippen LogP contribution in [-0.2, 0) is 11.2 Å². The van der Waals surface area contributed by atoms with Gasteiger partial charge in [0.25, 0.3) is 5.91 Å². The molecule has 1 amide bonds. The molecule has 4 rings (SSSR count). The van der Waals surface area contributed by atoms with Gasteiger partial charge in [-0.1, -0.05) is 71.2 Å². The highest BCUT2D eigenvalue weighted by Gasteiger charge is 2.31. The maximum Gasteiger partial charge on any atom is 0.272 e. The van der Waals surface area contributed by atoms with Gasteiger partial charge in [0.15, 0.2) is 5.11 Å². The van der Waals surface area contributed by atoms with E-state index in [1.807, 2.05) is 42.5 Å². The van der Waals surface area contributed by atoms with E-state index in [4.69, 9.17) is 52.0 Å². The van der Waals surface area contributed by atoms with Gasteiger partial charge in [-0.3, -0.25) is 4.79 Å². The van der Waals surface area contributed by atoms with E-state index in [1.165, 1.54) is 0 Å². The number of thiocarbonyl (C=S) groups is 1. The standard InChI is InChI=1S/C25H21Cl3N4OS/c1-32-21-11-10-16(26)14-18(21)22(17-7-3-5-9-20(17)28)30-23(24(32)33)31-25(34)29-13-12-15-6-2-4-8-19(15)27/h2-11,14,23H,12-13H2,1H3,(H2,29,31,34). The summed E-state index contributed by atoms with van der Waals surface area (Å²) in [6.07, 6.45) is -0.277. The lowest BCUT2D eigenvalue weighted by Crippen LogP contribution is -2.49. The van der Waals surface area contributed by atoms with Crippen LogP contribution in [0.25, 0.3) is 0 Å². The van der Waals surface area contributed by atoms with Gasteiger partial charge < -0.3 is 15.5 Å². The largest absolute Gasteiger partial charge is 0.362 e. The number of benzodiazepines with no additional fused rings is 1. The maximum absolute atomic E-state index is 13.3. The minimum absolute atomic E-state index is 0.263. The zero-order chi connectivity index (χ0) is 24.2. The quantitative estimate of drug-likeness (QED) is 0.427. The second-order valence-electron chi connectivity index (χ2n) is 7.66. The van der Waals surface area contributed by atoms with Crippen LogP contribution in [0.4, 0.5) is 5.69 Å². The number of halogens is 3. The van der Waals surface area contributed by atoms with Crippen LogP contribution in [0.2, 0.25) is 15.1 Å². The van der Waals surface area contributed by atoms with Gasteiger partial charge in [-0.15, -0.1) is 0 Å². The van der Waals surface area contributed by atoms with Crippen molar-refractivity contribution in [3.8, 4) is 0 Å². The van der Waals surface area contributed by atoms with Crippen molar-refractivity contribution >= 4 is 69.4 Å². The minimum Gasteiger partial charge on any atom is -0.362 e. The van der Waals surface area contributed by atoms with Crippen LogP contribution < -0.4 is 15.5 Å². The number of nitrogens with one attached hydrogen (secondary N) is 2. The van der Waals surface area contributed by atoms with Gasteiger partial charge in [-0.2, -0.15) is 0 Å². The fraction of sp³-hybridized carbons (Fsp3) is 0.160. The molecule has 3 aromatic carbocycles. The van der Waals surface area contributed by atoms with Crippen LogP contribution in [0.15, 0.2) is 71.7 Å². The van der Waals surface area contributed by atoms with Crippen molar-refractivity contribution in [1.29, 1.82) is 0 Å². The highest BCUT2D eigenvalue weighted by atomic mass is 35.5. The lowest BCUT2D eigenvalue weighted by molar-refractivity contribution is -0.119. The number of carbonyl (C=O) groups is 1. The average Bonchev–Trinajstić information content (AvgIpc) is 2.91. The van der Waals surface area contributed by atoms with Crippen LogP contribution in [0.3, 0.4) is 0 Å². The average molecular weight is 532 g/mol. The summed E-state index contributed by atoms with van der Waals surface area (Å²) in [6, 6.07) is 20.3. The first-order valence-electron chi connectivity index (χ1n) is 10.5. The molecule has 0 radical (unpaired) electrons. The first kappa shape index (κ1) is 24.5. The smallest absolute Gasteiger partial charge is 0.272 e. The van der Waals surface area contributed by atoms with Crippen molar-refractivity contribution in [3.63, 3.8) is 0 Å². The number of anilines is 1. The number of aliphatic imine (C=N–C) groups is 1. The van der Waals surface area contributed by atoms with Crippen molar-refractivity contribution in [2.24, 2.45) is 4.99 Å². The zero-order valence-corrected chi connectivity index (χ0v) is 21.3. The van der Waals surface area contributed by atoms with E-state index in [2.05, 4.69) is 10.6 Å². The fourth-order valence-corrected chi connectivity index (χ4v) is 4.54. The van der Waals surface area contributed by atoms with Crippen LogP contribution in [-0.4, -0.2) is 36.5 Å². The molecule has 1 atom stereocenters. The molecule has 0 aliphatic carbocycles. The molecule has 0 spiro atoms. The summed E-state index contributed by atoms with van der Waals surface area (Å²) in [4.78, 5) is 19.6. The molecule has 3 aromatic rings. The van der Waals surface area contributed by atoms with Gasteiger partial charge in [0.05, 0.1) is 11.4 Å². The summed E-state index contributed by atoms with van der Waals surface area (Å²) in [6.45, 7) is 0.545. The molecule has 0 saturated heterocycles. The molecule has 0 bridgehead atoms. The Balaban J connectivity index is 1.60. The lowest BCUT2D eigenvalue weighted by atomic mass is 10.00. The topological polar surface area (TPSA) is 56.7 Å². The van der Waals surface area contributed by atoms with Crippen molar-refractivity contribution in [1.82, 2.24) is 10.6 Å². The Morgan fingerprint density at radius 1 is 1.00 bits per heavy atom. The third-order valence-electron chi connectivity index (χ3n) is 5.43. The van der Waals surface area contributed by atoms with E-state index in [1.54, 1.807) is 36.2 Å². The van der Waals surface area contributed by atoms with Crippen LogP contribution in [0, 0.1) is 0 Å². The molecule has 34 heavy (non-hydrogen) atoms. The molecule has 1 aliphatic heterocycles. The Kier molecular flexibility index (Phi) is 7.73. The van der Waals surface area contributed by atoms with Gasteiger partial charge in [-0.05, 0) is 54.5 Å². The maximum atomic E-state index is 13.3. The molecule has 174 valence electrons. The van der Waals surface area contributed by atoms with Crippen molar-refractivity contribution < 1.29 is 4.79 Å². The third kappa shape index (κ3) is 5.36. The van der Waals surface area contributed by atoms with E-state index < -0.39 is 6.17 Å². The number of carbonyl (C=O) groups excluding carboxylic acids is 1. The van der Waals surface area contributed by atoms with Gasteiger partial charge in [0.2, 0.25) is 6.17 Å². The van der Waals surface area contributed by atoms with Crippen molar-refractivity contribution in [2.75, 3.05) is 18.5 Å². The summed E-state index contributed by atoms with van der Waals surface area (Å²) in [5.74, 6) is -0.263. The van der Waals surface area contributed by atoms with Crippen LogP contribution in [0.5, 0.6) is 0 Å². The van der Waals surface area contributed by atoms with E-state index in [9.17, 15) is 4.79 Å². The summed E-state index contributed by atoms with van der Waals surface area (Å²) < 4.78 is 0. The Hall–Kier alpha value is -2.64. The number of benzene rings is 3. The van der Waals surface area contributed by atoms with Crippen molar-refractivity contribution in [3.05, 3.63) is 98.5 Å². The summed E-state index contributed by atoms with van der Waals surface area (Å²) in [5, 5.41) is 8.23. The lowest BCUT2D eigenvalue weighted by Gasteiger charge is -2.22. The van der Waals surface area contributed by atoms with Gasteiger partial charge in [-0.25, -0.2) is 4.99 Å². The summed E-state index contributed by atoms with van der Waals surface area (Å²) in [5.41, 5.74) is 3.64. The number of rotatable bonds is 5. The predicted molar refractivity (Wildman–Crippen MR) is 145 cm³/mol. The molecule has 0 saturated carbocycles. The Bertz CT molecular complexity index is 1280. The molecule has 2 N–H and O–H groups in total. The SMILES string of the molecule is CN1C(=O)C(NC(=S)NCCc2ccccc2Cl)N=C(c2ccccc2Cl)c2cc(Cl)ccc21.